The van der Waals surface area contributed by atoms with Crippen LogP contribution < -0.4 is 5.73 Å². The Labute approximate surface area is 65.6 Å². The molecule has 0 aliphatic rings. The lowest BCUT2D eigenvalue weighted by Crippen LogP contribution is -2.33. The van der Waals surface area contributed by atoms with E-state index < -0.39 is 12.2 Å². The van der Waals surface area contributed by atoms with Gasteiger partial charge in [0.25, 0.3) is 0 Å². The van der Waals surface area contributed by atoms with Crippen LogP contribution in [0.5, 0.6) is 0 Å². The van der Waals surface area contributed by atoms with Crippen molar-refractivity contribution in [1.82, 2.24) is 0 Å². The second kappa shape index (κ2) is 5.97. The molecule has 4 N–H and O–H groups in total. The Morgan fingerprint density at radius 1 is 1.40 bits per heavy atom. The molecule has 62 valence electrons. The summed E-state index contributed by atoms with van der Waals surface area (Å²) in [4.78, 5) is 0. The van der Waals surface area contributed by atoms with Gasteiger partial charge in [0.1, 0.15) is 0 Å². The van der Waals surface area contributed by atoms with E-state index >= 15 is 0 Å². The fourth-order valence-corrected chi connectivity index (χ4v) is 1.07. The molecule has 3 nitrogen and oxygen atoms in total. The Morgan fingerprint density at radius 2 is 2.00 bits per heavy atom. The Bertz CT molecular complexity index is 82.1. The lowest BCUT2D eigenvalue weighted by atomic mass is 10.1. The quantitative estimate of drug-likeness (QED) is 0.510. The molecule has 0 aromatic carbocycles. The topological polar surface area (TPSA) is 66.5 Å². The Hall–Kier alpha value is 0.230. The number of rotatable bonds is 5. The second-order valence-electron chi connectivity index (χ2n) is 2.15. The SMILES string of the molecule is CSCCC(O)C(O)CN. The number of aliphatic hydroxyl groups is 2. The third kappa shape index (κ3) is 4.11. The number of nitrogens with two attached hydrogens (primary N) is 1. The van der Waals surface area contributed by atoms with Gasteiger partial charge in [0, 0.05) is 6.54 Å². The smallest absolute Gasteiger partial charge is 0.0921 e. The Balaban J connectivity index is 3.31. The fraction of sp³-hybridized carbons (Fsp3) is 1.00. The largest absolute Gasteiger partial charge is 0.390 e. The summed E-state index contributed by atoms with van der Waals surface area (Å²) in [7, 11) is 0. The van der Waals surface area contributed by atoms with Crippen LogP contribution in [0.25, 0.3) is 0 Å². The van der Waals surface area contributed by atoms with Crippen molar-refractivity contribution in [2.75, 3.05) is 18.6 Å². The molecule has 2 atom stereocenters. The third-order valence-corrected chi connectivity index (χ3v) is 1.95. The Morgan fingerprint density at radius 3 is 2.40 bits per heavy atom. The molecule has 0 bridgehead atoms. The molecule has 0 radical (unpaired) electrons. The zero-order valence-corrected chi connectivity index (χ0v) is 6.97. The highest BCUT2D eigenvalue weighted by Gasteiger charge is 2.12. The van der Waals surface area contributed by atoms with Crippen LogP contribution in [0.2, 0.25) is 0 Å². The first-order valence-corrected chi connectivity index (χ1v) is 4.67. The first-order valence-electron chi connectivity index (χ1n) is 3.27. The predicted molar refractivity (Wildman–Crippen MR) is 44.1 cm³/mol. The second-order valence-corrected chi connectivity index (χ2v) is 3.14. The molecule has 0 aliphatic carbocycles. The molecule has 0 saturated heterocycles. The highest BCUT2D eigenvalue weighted by molar-refractivity contribution is 7.98. The van der Waals surface area contributed by atoms with Gasteiger partial charge in [-0.05, 0) is 18.4 Å². The minimum absolute atomic E-state index is 0.134. The molecule has 0 fully saturated rings. The van der Waals surface area contributed by atoms with Crippen LogP contribution in [0.15, 0.2) is 0 Å². The van der Waals surface area contributed by atoms with Gasteiger partial charge < -0.3 is 15.9 Å². The standard InChI is InChI=1S/C6H15NO2S/c1-10-3-2-5(8)6(9)4-7/h5-6,8-9H,2-4,7H2,1H3. The Kier molecular flexibility index (Phi) is 6.11. The molecule has 0 amide bonds. The van der Waals surface area contributed by atoms with E-state index in [0.717, 1.165) is 5.75 Å². The number of hydrogen-bond acceptors (Lipinski definition) is 4. The van der Waals surface area contributed by atoms with Gasteiger partial charge in [0.15, 0.2) is 0 Å². The van der Waals surface area contributed by atoms with E-state index in [9.17, 15) is 0 Å². The first kappa shape index (κ1) is 10.2. The van der Waals surface area contributed by atoms with Gasteiger partial charge in [0.05, 0.1) is 12.2 Å². The van der Waals surface area contributed by atoms with Crippen LogP contribution in [0, 0.1) is 0 Å². The van der Waals surface area contributed by atoms with Gasteiger partial charge in [-0.1, -0.05) is 0 Å². The molecular formula is C6H15NO2S. The predicted octanol–water partition coefficient (Wildman–Crippen LogP) is -0.580. The maximum absolute atomic E-state index is 9.11. The van der Waals surface area contributed by atoms with E-state index in [1.54, 1.807) is 11.8 Å². The summed E-state index contributed by atoms with van der Waals surface area (Å²) < 4.78 is 0. The molecule has 0 heterocycles. The molecule has 0 aromatic rings. The fourth-order valence-electron chi connectivity index (χ4n) is 0.588. The van der Waals surface area contributed by atoms with E-state index in [2.05, 4.69) is 0 Å². The lowest BCUT2D eigenvalue weighted by molar-refractivity contribution is 0.0241. The van der Waals surface area contributed by atoms with Gasteiger partial charge in [0.2, 0.25) is 0 Å². The molecule has 0 aliphatic heterocycles. The molecule has 10 heavy (non-hydrogen) atoms. The monoisotopic (exact) mass is 165 g/mol. The molecule has 4 heteroatoms. The van der Waals surface area contributed by atoms with E-state index in [-0.39, 0.29) is 6.54 Å². The highest BCUT2D eigenvalue weighted by atomic mass is 32.2. The van der Waals surface area contributed by atoms with Crippen molar-refractivity contribution in [1.29, 1.82) is 0 Å². The molecule has 0 aromatic heterocycles. The number of hydrogen-bond donors (Lipinski definition) is 3. The van der Waals surface area contributed by atoms with Crippen molar-refractivity contribution in [3.05, 3.63) is 0 Å². The van der Waals surface area contributed by atoms with Gasteiger partial charge in [-0.2, -0.15) is 11.8 Å². The number of thioether (sulfide) groups is 1. The summed E-state index contributed by atoms with van der Waals surface area (Å²) in [6.45, 7) is 0.134. The summed E-state index contributed by atoms with van der Waals surface area (Å²) >= 11 is 1.65. The molecule has 0 spiro atoms. The van der Waals surface area contributed by atoms with E-state index in [1.807, 2.05) is 6.26 Å². The van der Waals surface area contributed by atoms with Crippen LogP contribution in [0.3, 0.4) is 0 Å². The maximum atomic E-state index is 9.11. The van der Waals surface area contributed by atoms with Gasteiger partial charge in [-0.15, -0.1) is 0 Å². The van der Waals surface area contributed by atoms with Crippen molar-refractivity contribution in [3.8, 4) is 0 Å². The van der Waals surface area contributed by atoms with Gasteiger partial charge >= 0.3 is 0 Å². The number of aliphatic hydroxyl groups excluding tert-OH is 2. The average Bonchev–Trinajstić information content (AvgIpc) is 1.98. The summed E-state index contributed by atoms with van der Waals surface area (Å²) in [6.07, 6.45) is 1.16. The summed E-state index contributed by atoms with van der Waals surface area (Å²) in [6, 6.07) is 0. The van der Waals surface area contributed by atoms with E-state index in [4.69, 9.17) is 15.9 Å². The summed E-state index contributed by atoms with van der Waals surface area (Å²) in [5.41, 5.74) is 5.13. The molecule has 2 unspecified atom stereocenters. The maximum Gasteiger partial charge on any atom is 0.0921 e. The molecule has 0 rings (SSSR count). The highest BCUT2D eigenvalue weighted by Crippen LogP contribution is 2.03. The van der Waals surface area contributed by atoms with Crippen molar-refractivity contribution in [3.63, 3.8) is 0 Å². The van der Waals surface area contributed by atoms with Gasteiger partial charge in [-0.25, -0.2) is 0 Å². The zero-order chi connectivity index (χ0) is 7.98. The van der Waals surface area contributed by atoms with Crippen LogP contribution in [0.4, 0.5) is 0 Å². The average molecular weight is 165 g/mol. The van der Waals surface area contributed by atoms with E-state index in [1.165, 1.54) is 0 Å². The lowest BCUT2D eigenvalue weighted by Gasteiger charge is -2.14. The van der Waals surface area contributed by atoms with Crippen molar-refractivity contribution in [2.45, 2.75) is 18.6 Å². The van der Waals surface area contributed by atoms with Crippen molar-refractivity contribution in [2.24, 2.45) is 5.73 Å². The van der Waals surface area contributed by atoms with Crippen molar-refractivity contribution >= 4 is 11.8 Å². The normalized spacial score (nSPS) is 16.8. The third-order valence-electron chi connectivity index (χ3n) is 1.30. The molecular weight excluding hydrogens is 150 g/mol. The van der Waals surface area contributed by atoms with Crippen LogP contribution in [-0.2, 0) is 0 Å². The summed E-state index contributed by atoms with van der Waals surface area (Å²) in [5, 5.41) is 18.1. The minimum Gasteiger partial charge on any atom is -0.390 e. The molecule has 0 saturated carbocycles. The van der Waals surface area contributed by atoms with Crippen LogP contribution >= 0.6 is 11.8 Å². The first-order chi connectivity index (χ1) is 4.72. The zero-order valence-electron chi connectivity index (χ0n) is 6.16. The summed E-state index contributed by atoms with van der Waals surface area (Å²) in [5.74, 6) is 0.859. The van der Waals surface area contributed by atoms with E-state index in [0.29, 0.717) is 6.42 Å². The van der Waals surface area contributed by atoms with Crippen LogP contribution in [0.1, 0.15) is 6.42 Å². The minimum atomic E-state index is -0.757. The van der Waals surface area contributed by atoms with Crippen LogP contribution in [-0.4, -0.2) is 41.0 Å². The van der Waals surface area contributed by atoms with Crippen molar-refractivity contribution < 1.29 is 10.2 Å². The van der Waals surface area contributed by atoms with Gasteiger partial charge in [-0.3, -0.25) is 0 Å².